The van der Waals surface area contributed by atoms with Gasteiger partial charge in [-0.2, -0.15) is 0 Å². The van der Waals surface area contributed by atoms with Crippen LogP contribution in [0.3, 0.4) is 0 Å². The number of halogens is 1. The number of imide groups is 1. The van der Waals surface area contributed by atoms with Gasteiger partial charge in [0.15, 0.2) is 0 Å². The molecule has 0 aromatic heterocycles. The predicted octanol–water partition coefficient (Wildman–Crippen LogP) is 2.73. The molecule has 5 nitrogen and oxygen atoms in total. The lowest BCUT2D eigenvalue weighted by Crippen LogP contribution is -2.51. The summed E-state index contributed by atoms with van der Waals surface area (Å²) in [5.74, 6) is -0.322. The minimum atomic E-state index is -1.01. The third-order valence-electron chi connectivity index (χ3n) is 4.36. The predicted molar refractivity (Wildman–Crippen MR) is 84.5 cm³/mol. The summed E-state index contributed by atoms with van der Waals surface area (Å²) in [6.07, 6.45) is -0.503. The van der Waals surface area contributed by atoms with Crippen LogP contribution in [0.4, 0.5) is 4.79 Å². The SMILES string of the molecule is CCC1(C(C)C)NC(=O)N(CC(O)c2ccccc2Cl)C1=O. The Labute approximate surface area is 135 Å². The third-order valence-corrected chi connectivity index (χ3v) is 4.71. The Kier molecular flexibility index (Phi) is 4.78. The number of hydrogen-bond donors (Lipinski definition) is 2. The van der Waals surface area contributed by atoms with Gasteiger partial charge < -0.3 is 10.4 Å². The zero-order chi connectivity index (χ0) is 16.5. The normalized spacial score (nSPS) is 23.1. The van der Waals surface area contributed by atoms with Crippen LogP contribution in [0, 0.1) is 5.92 Å². The van der Waals surface area contributed by atoms with Gasteiger partial charge in [0, 0.05) is 10.6 Å². The van der Waals surface area contributed by atoms with E-state index in [0.717, 1.165) is 4.90 Å². The Balaban J connectivity index is 2.22. The first-order valence-corrected chi connectivity index (χ1v) is 7.78. The number of amides is 3. The highest BCUT2D eigenvalue weighted by molar-refractivity contribution is 6.31. The van der Waals surface area contributed by atoms with Gasteiger partial charge in [-0.1, -0.05) is 50.6 Å². The van der Waals surface area contributed by atoms with Crippen LogP contribution < -0.4 is 5.32 Å². The molecule has 0 saturated carbocycles. The van der Waals surface area contributed by atoms with Crippen molar-refractivity contribution in [2.45, 2.75) is 38.8 Å². The molecule has 2 unspecified atom stereocenters. The van der Waals surface area contributed by atoms with Gasteiger partial charge in [0.2, 0.25) is 0 Å². The van der Waals surface area contributed by atoms with E-state index >= 15 is 0 Å². The monoisotopic (exact) mass is 324 g/mol. The molecule has 0 spiro atoms. The number of hydrogen-bond acceptors (Lipinski definition) is 3. The summed E-state index contributed by atoms with van der Waals surface area (Å²) in [5, 5.41) is 13.5. The van der Waals surface area contributed by atoms with E-state index in [4.69, 9.17) is 11.6 Å². The van der Waals surface area contributed by atoms with Gasteiger partial charge in [-0.05, 0) is 18.4 Å². The van der Waals surface area contributed by atoms with Crippen LogP contribution in [0.25, 0.3) is 0 Å². The standard InChI is InChI=1S/C16H21ClN2O3/c1-4-16(10(2)3)14(21)19(15(22)18-16)9-13(20)11-7-5-6-8-12(11)17/h5-8,10,13,20H,4,9H2,1-3H3,(H,18,22). The molecule has 2 atom stereocenters. The maximum atomic E-state index is 12.7. The van der Waals surface area contributed by atoms with E-state index in [1.54, 1.807) is 24.3 Å². The summed E-state index contributed by atoms with van der Waals surface area (Å²) in [4.78, 5) is 25.9. The quantitative estimate of drug-likeness (QED) is 0.818. The van der Waals surface area contributed by atoms with Crippen LogP contribution in [0.2, 0.25) is 5.02 Å². The van der Waals surface area contributed by atoms with Crippen LogP contribution in [0.5, 0.6) is 0 Å². The Morgan fingerprint density at radius 3 is 2.45 bits per heavy atom. The van der Waals surface area contributed by atoms with Crippen molar-refractivity contribution in [1.29, 1.82) is 0 Å². The Morgan fingerprint density at radius 2 is 1.95 bits per heavy atom. The number of rotatable bonds is 5. The van der Waals surface area contributed by atoms with Crippen molar-refractivity contribution in [3.8, 4) is 0 Å². The van der Waals surface area contributed by atoms with Crippen LogP contribution in [0.1, 0.15) is 38.9 Å². The number of nitrogens with zero attached hydrogens (tertiary/aromatic N) is 1. The molecule has 3 amide bonds. The van der Waals surface area contributed by atoms with E-state index in [9.17, 15) is 14.7 Å². The van der Waals surface area contributed by atoms with Crippen molar-refractivity contribution in [2.75, 3.05) is 6.54 Å². The zero-order valence-corrected chi connectivity index (χ0v) is 13.7. The number of β-amino-alcohol motifs (C(OH)–C–C–N with tert-alkyl or cyclic N) is 1. The molecule has 6 heteroatoms. The highest BCUT2D eigenvalue weighted by atomic mass is 35.5. The Hall–Kier alpha value is -1.59. The minimum absolute atomic E-state index is 0.0311. The van der Waals surface area contributed by atoms with Crippen LogP contribution in [-0.2, 0) is 4.79 Å². The van der Waals surface area contributed by atoms with Crippen LogP contribution in [-0.4, -0.2) is 34.0 Å². The fourth-order valence-corrected chi connectivity index (χ4v) is 3.13. The van der Waals surface area contributed by atoms with Crippen molar-refractivity contribution < 1.29 is 14.7 Å². The molecule has 2 rings (SSSR count). The van der Waals surface area contributed by atoms with Gasteiger partial charge in [0.05, 0.1) is 12.6 Å². The second kappa shape index (κ2) is 6.26. The second-order valence-electron chi connectivity index (χ2n) is 5.86. The van der Waals surface area contributed by atoms with Gasteiger partial charge in [-0.3, -0.25) is 9.69 Å². The fraction of sp³-hybridized carbons (Fsp3) is 0.500. The van der Waals surface area contributed by atoms with E-state index in [1.807, 2.05) is 20.8 Å². The molecule has 1 fully saturated rings. The summed E-state index contributed by atoms with van der Waals surface area (Å²) < 4.78 is 0. The highest BCUT2D eigenvalue weighted by Crippen LogP contribution is 2.31. The van der Waals surface area contributed by atoms with E-state index in [2.05, 4.69) is 5.32 Å². The summed E-state index contributed by atoms with van der Waals surface area (Å²) in [6, 6.07) is 6.39. The molecule has 1 aliphatic rings. The number of carbonyl (C=O) groups excluding carboxylic acids is 2. The van der Waals surface area contributed by atoms with Gasteiger partial charge in [0.1, 0.15) is 5.54 Å². The van der Waals surface area contributed by atoms with Crippen molar-refractivity contribution >= 4 is 23.5 Å². The van der Waals surface area contributed by atoms with E-state index in [1.165, 1.54) is 0 Å². The van der Waals surface area contributed by atoms with Gasteiger partial charge in [-0.15, -0.1) is 0 Å². The van der Waals surface area contributed by atoms with E-state index < -0.39 is 17.7 Å². The number of carbonyl (C=O) groups is 2. The Morgan fingerprint density at radius 1 is 1.32 bits per heavy atom. The molecule has 0 radical (unpaired) electrons. The molecule has 1 heterocycles. The second-order valence-corrected chi connectivity index (χ2v) is 6.27. The first-order chi connectivity index (χ1) is 10.3. The first kappa shape index (κ1) is 16.8. The molecule has 22 heavy (non-hydrogen) atoms. The number of benzene rings is 1. The van der Waals surface area contributed by atoms with Gasteiger partial charge in [0.25, 0.3) is 5.91 Å². The number of urea groups is 1. The lowest BCUT2D eigenvalue weighted by atomic mass is 9.84. The van der Waals surface area contributed by atoms with E-state index in [0.29, 0.717) is 17.0 Å². The average Bonchev–Trinajstić information content (AvgIpc) is 2.72. The summed E-state index contributed by atoms with van der Waals surface area (Å²) in [5.41, 5.74) is -0.389. The Bertz CT molecular complexity index is 591. The lowest BCUT2D eigenvalue weighted by molar-refractivity contribution is -0.134. The molecule has 1 aromatic carbocycles. The van der Waals surface area contributed by atoms with Crippen LogP contribution >= 0.6 is 11.6 Å². The maximum absolute atomic E-state index is 12.7. The van der Waals surface area contributed by atoms with Crippen molar-refractivity contribution in [3.63, 3.8) is 0 Å². The maximum Gasteiger partial charge on any atom is 0.325 e. The molecule has 2 N–H and O–H groups in total. The summed E-state index contributed by atoms with van der Waals surface area (Å²) in [7, 11) is 0. The molecule has 120 valence electrons. The molecule has 1 aliphatic heterocycles. The first-order valence-electron chi connectivity index (χ1n) is 7.40. The highest BCUT2D eigenvalue weighted by Gasteiger charge is 2.52. The van der Waals surface area contributed by atoms with E-state index in [-0.39, 0.29) is 18.4 Å². The van der Waals surface area contributed by atoms with Crippen molar-refractivity contribution in [1.82, 2.24) is 10.2 Å². The number of aliphatic hydroxyl groups excluding tert-OH is 1. The largest absolute Gasteiger partial charge is 0.386 e. The molecule has 1 saturated heterocycles. The molecule has 0 bridgehead atoms. The average molecular weight is 325 g/mol. The number of nitrogens with one attached hydrogen (secondary N) is 1. The summed E-state index contributed by atoms with van der Waals surface area (Å²) >= 11 is 6.05. The zero-order valence-electron chi connectivity index (χ0n) is 13.0. The number of aliphatic hydroxyl groups is 1. The van der Waals surface area contributed by atoms with Gasteiger partial charge in [-0.25, -0.2) is 4.79 Å². The molecule has 1 aromatic rings. The van der Waals surface area contributed by atoms with Crippen molar-refractivity contribution in [2.24, 2.45) is 5.92 Å². The minimum Gasteiger partial charge on any atom is -0.386 e. The topological polar surface area (TPSA) is 69.6 Å². The molecular weight excluding hydrogens is 304 g/mol. The van der Waals surface area contributed by atoms with Crippen LogP contribution in [0.15, 0.2) is 24.3 Å². The molecule has 0 aliphatic carbocycles. The van der Waals surface area contributed by atoms with Gasteiger partial charge >= 0.3 is 6.03 Å². The lowest BCUT2D eigenvalue weighted by Gasteiger charge is -2.29. The molecular formula is C16H21ClN2O3. The summed E-state index contributed by atoms with van der Waals surface area (Å²) in [6.45, 7) is 5.56. The smallest absolute Gasteiger partial charge is 0.325 e. The van der Waals surface area contributed by atoms with Crippen molar-refractivity contribution in [3.05, 3.63) is 34.9 Å². The fourth-order valence-electron chi connectivity index (χ4n) is 2.87. The third kappa shape index (κ3) is 2.71.